The lowest BCUT2D eigenvalue weighted by atomic mass is 10.3. The molecule has 0 aliphatic heterocycles. The van der Waals surface area contributed by atoms with Crippen molar-refractivity contribution >= 4 is 74.4 Å². The first-order valence-electron chi connectivity index (χ1n) is 5.58. The first-order chi connectivity index (χ1) is 8.49. The smallest absolute Gasteiger partial charge is 0.231 e. The number of hydrogen-bond acceptors (Lipinski definition) is 8. The van der Waals surface area contributed by atoms with Crippen LogP contribution in [0.5, 0.6) is 0 Å². The molecule has 2 nitrogen and oxygen atoms in total. The molecule has 0 aliphatic carbocycles. The molecular weight excluding hydrogens is 345 g/mol. The average Bonchev–Trinajstić information content (AvgIpc) is 2.34. The van der Waals surface area contributed by atoms with Crippen LogP contribution in [0, 0.1) is 0 Å². The highest BCUT2D eigenvalue weighted by Crippen LogP contribution is 2.44. The zero-order chi connectivity index (χ0) is 14.0. The number of thiocarbonyl (C=S) groups is 2. The Balaban J connectivity index is 3.55. The number of hydrogen-bond donors (Lipinski definition) is 0. The molecule has 8 heteroatoms. The van der Waals surface area contributed by atoms with E-state index in [-0.39, 0.29) is 12.2 Å². The lowest BCUT2D eigenvalue weighted by molar-refractivity contribution is 0.217. The standard InChI is InChI=1S/C10H18O2S6/c1-5-7(3)11-9(13)15-17-18-16-10(14)12-8(4)6-2/h7-8H,5-6H2,1-4H3. The van der Waals surface area contributed by atoms with E-state index < -0.39 is 0 Å². The van der Waals surface area contributed by atoms with Crippen molar-refractivity contribution in [3.8, 4) is 0 Å². The van der Waals surface area contributed by atoms with Crippen LogP contribution in [0.2, 0.25) is 0 Å². The van der Waals surface area contributed by atoms with Crippen LogP contribution in [0.3, 0.4) is 0 Å². The molecule has 0 rings (SSSR count). The van der Waals surface area contributed by atoms with Gasteiger partial charge in [0, 0.05) is 21.6 Å². The van der Waals surface area contributed by atoms with Crippen molar-refractivity contribution < 1.29 is 9.47 Å². The second-order valence-corrected chi connectivity index (χ2v) is 10.3. The van der Waals surface area contributed by atoms with Crippen LogP contribution in [0.1, 0.15) is 40.5 Å². The average molecular weight is 363 g/mol. The quantitative estimate of drug-likeness (QED) is 0.314. The second-order valence-electron chi connectivity index (χ2n) is 3.48. The van der Waals surface area contributed by atoms with Crippen molar-refractivity contribution in [3.05, 3.63) is 0 Å². The van der Waals surface area contributed by atoms with Crippen molar-refractivity contribution in [3.63, 3.8) is 0 Å². The zero-order valence-electron chi connectivity index (χ0n) is 10.8. The van der Waals surface area contributed by atoms with Crippen molar-refractivity contribution in [2.24, 2.45) is 0 Å². The maximum Gasteiger partial charge on any atom is 0.231 e. The van der Waals surface area contributed by atoms with E-state index in [1.807, 2.05) is 13.8 Å². The minimum atomic E-state index is 0.179. The van der Waals surface area contributed by atoms with Crippen LogP contribution in [0.15, 0.2) is 0 Å². The molecule has 0 N–H and O–H groups in total. The van der Waals surface area contributed by atoms with Crippen molar-refractivity contribution in [1.29, 1.82) is 0 Å². The van der Waals surface area contributed by atoms with Gasteiger partial charge in [-0.1, -0.05) is 13.8 Å². The fourth-order valence-electron chi connectivity index (χ4n) is 0.618. The lowest BCUT2D eigenvalue weighted by Crippen LogP contribution is -2.08. The summed E-state index contributed by atoms with van der Waals surface area (Å²) in [7, 11) is 5.96. The predicted octanol–water partition coefficient (Wildman–Crippen LogP) is 5.86. The first-order valence-corrected chi connectivity index (χ1v) is 11.2. The first kappa shape index (κ1) is 19.2. The minimum Gasteiger partial charge on any atom is -0.475 e. The fraction of sp³-hybridized carbons (Fsp3) is 0.800. The molecule has 106 valence electrons. The third-order valence-corrected chi connectivity index (χ3v) is 8.67. The van der Waals surface area contributed by atoms with Gasteiger partial charge in [-0.25, -0.2) is 0 Å². The molecule has 2 unspecified atom stereocenters. The highest BCUT2D eigenvalue weighted by molar-refractivity contribution is 9.29. The Morgan fingerprint density at radius 1 is 0.889 bits per heavy atom. The van der Waals surface area contributed by atoms with Gasteiger partial charge >= 0.3 is 0 Å². The van der Waals surface area contributed by atoms with E-state index in [2.05, 4.69) is 13.8 Å². The molecule has 0 aromatic carbocycles. The summed E-state index contributed by atoms with van der Waals surface area (Å²) in [5.41, 5.74) is 0. The molecule has 0 spiro atoms. The molecule has 0 fully saturated rings. The van der Waals surface area contributed by atoms with Crippen LogP contribution in [0.25, 0.3) is 0 Å². The van der Waals surface area contributed by atoms with E-state index in [0.29, 0.717) is 8.77 Å². The molecule has 0 saturated carbocycles. The summed E-state index contributed by atoms with van der Waals surface area (Å²) >= 11 is 10.2. The summed E-state index contributed by atoms with van der Waals surface area (Å²) in [6.45, 7) is 8.16. The largest absolute Gasteiger partial charge is 0.475 e. The second kappa shape index (κ2) is 12.0. The van der Waals surface area contributed by atoms with E-state index in [9.17, 15) is 0 Å². The molecule has 0 radical (unpaired) electrons. The third kappa shape index (κ3) is 11.0. The van der Waals surface area contributed by atoms with Crippen LogP contribution in [-0.4, -0.2) is 21.0 Å². The van der Waals surface area contributed by atoms with Gasteiger partial charge in [0.1, 0.15) is 0 Å². The molecule has 0 bridgehead atoms. The summed E-state index contributed by atoms with van der Waals surface area (Å²) in [5.74, 6) is 0. The van der Waals surface area contributed by atoms with Crippen LogP contribution in [-0.2, 0) is 9.47 Å². The van der Waals surface area contributed by atoms with Gasteiger partial charge in [-0.05, 0) is 70.8 Å². The summed E-state index contributed by atoms with van der Waals surface area (Å²) in [4.78, 5) is 0. The minimum absolute atomic E-state index is 0.179. The zero-order valence-corrected chi connectivity index (χ0v) is 15.7. The third-order valence-electron chi connectivity index (χ3n) is 1.98. The lowest BCUT2D eigenvalue weighted by Gasteiger charge is -2.12. The van der Waals surface area contributed by atoms with Gasteiger partial charge < -0.3 is 9.47 Å². The Kier molecular flexibility index (Phi) is 12.7. The highest BCUT2D eigenvalue weighted by Gasteiger charge is 2.08. The molecule has 0 amide bonds. The molecule has 0 saturated heterocycles. The van der Waals surface area contributed by atoms with Gasteiger partial charge in [0.25, 0.3) is 0 Å². The van der Waals surface area contributed by atoms with E-state index in [4.69, 9.17) is 33.9 Å². The fourth-order valence-corrected chi connectivity index (χ4v) is 6.76. The maximum atomic E-state index is 5.48. The normalized spacial score (nSPS) is 13.8. The Morgan fingerprint density at radius 2 is 1.22 bits per heavy atom. The van der Waals surface area contributed by atoms with Crippen LogP contribution < -0.4 is 0 Å². The molecule has 0 aliphatic rings. The monoisotopic (exact) mass is 362 g/mol. The topological polar surface area (TPSA) is 18.5 Å². The predicted molar refractivity (Wildman–Crippen MR) is 97.2 cm³/mol. The SMILES string of the molecule is CCC(C)OC(=S)SSSSC(=S)OC(C)CC. The number of ether oxygens (including phenoxy) is 2. The Labute approximate surface area is 136 Å². The van der Waals surface area contributed by atoms with E-state index >= 15 is 0 Å². The molecular formula is C10H18O2S6. The molecule has 2 atom stereocenters. The Bertz CT molecular complexity index is 235. The van der Waals surface area contributed by atoms with E-state index in [1.165, 1.54) is 41.2 Å². The highest BCUT2D eigenvalue weighted by atomic mass is 33.7. The Hall–Kier alpha value is 1.18. The summed E-state index contributed by atoms with van der Waals surface area (Å²) in [6.07, 6.45) is 2.27. The van der Waals surface area contributed by atoms with Crippen LogP contribution >= 0.6 is 65.7 Å². The summed E-state index contributed by atoms with van der Waals surface area (Å²) in [5, 5.41) is 0. The summed E-state index contributed by atoms with van der Waals surface area (Å²) in [6, 6.07) is 0. The number of rotatable bonds is 7. The summed E-state index contributed by atoms with van der Waals surface area (Å²) < 4.78 is 12.1. The van der Waals surface area contributed by atoms with Gasteiger partial charge in [-0.3, -0.25) is 0 Å². The van der Waals surface area contributed by atoms with Gasteiger partial charge in [-0.15, -0.1) is 0 Å². The van der Waals surface area contributed by atoms with Crippen LogP contribution in [0.4, 0.5) is 0 Å². The molecule has 0 aromatic rings. The van der Waals surface area contributed by atoms with Gasteiger partial charge in [0.2, 0.25) is 8.77 Å². The molecule has 0 aromatic heterocycles. The van der Waals surface area contributed by atoms with Crippen molar-refractivity contribution in [1.82, 2.24) is 0 Å². The van der Waals surface area contributed by atoms with Gasteiger partial charge in [0.15, 0.2) is 0 Å². The maximum absolute atomic E-state index is 5.48. The Morgan fingerprint density at radius 3 is 1.50 bits per heavy atom. The van der Waals surface area contributed by atoms with E-state index in [0.717, 1.165) is 12.8 Å². The van der Waals surface area contributed by atoms with Gasteiger partial charge in [-0.2, -0.15) is 0 Å². The van der Waals surface area contributed by atoms with E-state index in [1.54, 1.807) is 0 Å². The van der Waals surface area contributed by atoms with Crippen molar-refractivity contribution in [2.45, 2.75) is 52.7 Å². The van der Waals surface area contributed by atoms with Crippen molar-refractivity contribution in [2.75, 3.05) is 0 Å². The molecule has 0 heterocycles. The van der Waals surface area contributed by atoms with Gasteiger partial charge in [0.05, 0.1) is 12.2 Å². The molecule has 18 heavy (non-hydrogen) atoms.